The number of hydrogen-bond acceptors (Lipinski definition) is 5. The third-order valence-corrected chi connectivity index (χ3v) is 6.70. The van der Waals surface area contributed by atoms with E-state index in [-0.39, 0.29) is 11.4 Å². The Labute approximate surface area is 169 Å². The number of carbonyl (C=O) groups excluding carboxylic acids is 1. The van der Waals surface area contributed by atoms with Gasteiger partial charge in [-0.25, -0.2) is 4.79 Å². The maximum Gasteiger partial charge on any atom is 0.348 e. The monoisotopic (exact) mass is 395 g/mol. The Hall–Kier alpha value is -2.53. The molecule has 0 unspecified atom stereocenters. The maximum atomic E-state index is 12.1. The normalized spacial score (nSPS) is 11.6. The lowest BCUT2D eigenvalue weighted by atomic mass is 9.70. The Morgan fingerprint density at radius 2 is 1.71 bits per heavy atom. The number of esters is 1. The van der Waals surface area contributed by atoms with Crippen molar-refractivity contribution in [2.45, 2.75) is 46.0 Å². The zero-order valence-electron chi connectivity index (χ0n) is 16.7. The molecule has 1 heterocycles. The molecule has 4 nitrogen and oxygen atoms in total. The lowest BCUT2D eigenvalue weighted by Gasteiger charge is -2.33. The van der Waals surface area contributed by atoms with Crippen LogP contribution >= 0.6 is 11.3 Å². The molecular formula is C23H25NO3S. The van der Waals surface area contributed by atoms with Gasteiger partial charge >= 0.3 is 5.97 Å². The molecular weight excluding hydrogens is 370 g/mol. The molecule has 0 aliphatic carbocycles. The van der Waals surface area contributed by atoms with Crippen LogP contribution in [0.4, 0.5) is 5.69 Å². The smallest absolute Gasteiger partial charge is 0.348 e. The van der Waals surface area contributed by atoms with Crippen LogP contribution in [0.1, 0.15) is 60.0 Å². The molecule has 0 spiro atoms. The fourth-order valence-electron chi connectivity index (χ4n) is 3.93. The summed E-state index contributed by atoms with van der Waals surface area (Å²) in [4.78, 5) is 23.7. The number of thiophene rings is 1. The summed E-state index contributed by atoms with van der Waals surface area (Å²) in [7, 11) is 0. The lowest BCUT2D eigenvalue weighted by molar-refractivity contribution is 0.0532. The van der Waals surface area contributed by atoms with E-state index in [0.717, 1.165) is 28.5 Å². The molecule has 2 aromatic carbocycles. The molecule has 1 aromatic heterocycles. The number of carbonyl (C=O) groups is 1. The highest BCUT2D eigenvalue weighted by molar-refractivity contribution is 7.20. The van der Waals surface area contributed by atoms with Gasteiger partial charge in [-0.15, -0.1) is 16.2 Å². The molecule has 0 aliphatic rings. The fraction of sp³-hybridized carbons (Fsp3) is 0.348. The zero-order valence-corrected chi connectivity index (χ0v) is 17.6. The molecule has 0 saturated heterocycles. The van der Waals surface area contributed by atoms with Gasteiger partial charge in [-0.1, -0.05) is 32.0 Å². The molecule has 0 saturated carbocycles. The van der Waals surface area contributed by atoms with E-state index >= 15 is 0 Å². The number of nitroso groups, excluding NO2 is 1. The van der Waals surface area contributed by atoms with Crippen LogP contribution < -0.4 is 0 Å². The number of benzene rings is 2. The van der Waals surface area contributed by atoms with Crippen molar-refractivity contribution in [2.75, 3.05) is 6.61 Å². The van der Waals surface area contributed by atoms with Gasteiger partial charge in [-0.3, -0.25) is 0 Å². The van der Waals surface area contributed by atoms with Crippen LogP contribution in [-0.4, -0.2) is 12.6 Å². The Morgan fingerprint density at radius 1 is 1.04 bits per heavy atom. The molecule has 0 amide bonds. The van der Waals surface area contributed by atoms with E-state index in [9.17, 15) is 9.70 Å². The second-order valence-corrected chi connectivity index (χ2v) is 8.05. The van der Waals surface area contributed by atoms with Crippen molar-refractivity contribution in [1.29, 1.82) is 0 Å². The van der Waals surface area contributed by atoms with Crippen LogP contribution in [0.5, 0.6) is 0 Å². The van der Waals surface area contributed by atoms with E-state index in [1.54, 1.807) is 6.07 Å². The SMILES string of the molecule is CCOC(=O)c1cc2cc(C(CC)(CC)c3ccc(N=O)c(C)c3)ccc2s1. The Kier molecular flexibility index (Phi) is 5.94. The second kappa shape index (κ2) is 8.23. The predicted molar refractivity (Wildman–Crippen MR) is 116 cm³/mol. The van der Waals surface area contributed by atoms with Gasteiger partial charge in [0.05, 0.1) is 6.61 Å². The predicted octanol–water partition coefficient (Wildman–Crippen LogP) is 6.89. The summed E-state index contributed by atoms with van der Waals surface area (Å²) in [6, 6.07) is 14.2. The molecule has 0 aliphatic heterocycles. The Balaban J connectivity index is 2.11. The van der Waals surface area contributed by atoms with Gasteiger partial charge in [0, 0.05) is 10.1 Å². The fourth-order valence-corrected chi connectivity index (χ4v) is 4.87. The molecule has 0 N–H and O–H groups in total. The molecule has 0 radical (unpaired) electrons. The first-order valence-corrected chi connectivity index (χ1v) is 10.5. The van der Waals surface area contributed by atoms with Crippen molar-refractivity contribution >= 4 is 33.1 Å². The summed E-state index contributed by atoms with van der Waals surface area (Å²) in [5, 5.41) is 4.16. The van der Waals surface area contributed by atoms with Crippen molar-refractivity contribution in [3.63, 3.8) is 0 Å². The van der Waals surface area contributed by atoms with E-state index < -0.39 is 0 Å². The summed E-state index contributed by atoms with van der Waals surface area (Å²) in [6.07, 6.45) is 1.86. The summed E-state index contributed by atoms with van der Waals surface area (Å²) >= 11 is 1.46. The minimum absolute atomic E-state index is 0.160. The van der Waals surface area contributed by atoms with Crippen LogP contribution in [0.2, 0.25) is 0 Å². The third-order valence-electron chi connectivity index (χ3n) is 5.60. The molecule has 0 fully saturated rings. The van der Waals surface area contributed by atoms with Gasteiger partial charge in [0.15, 0.2) is 0 Å². The van der Waals surface area contributed by atoms with Crippen molar-refractivity contribution in [1.82, 2.24) is 0 Å². The van der Waals surface area contributed by atoms with Crippen molar-refractivity contribution < 1.29 is 9.53 Å². The van der Waals surface area contributed by atoms with E-state index in [1.165, 1.54) is 22.5 Å². The third kappa shape index (κ3) is 3.47. The minimum atomic E-state index is -0.268. The first kappa shape index (κ1) is 20.2. The molecule has 3 aromatic rings. The van der Waals surface area contributed by atoms with Gasteiger partial charge in [-0.05, 0) is 78.2 Å². The van der Waals surface area contributed by atoms with Gasteiger partial charge < -0.3 is 4.74 Å². The van der Waals surface area contributed by atoms with Crippen molar-refractivity contribution in [2.24, 2.45) is 5.18 Å². The summed E-state index contributed by atoms with van der Waals surface area (Å²) in [5.74, 6) is -0.268. The average molecular weight is 396 g/mol. The highest BCUT2D eigenvalue weighted by Gasteiger charge is 2.31. The summed E-state index contributed by atoms with van der Waals surface area (Å²) in [6.45, 7) is 8.48. The first-order chi connectivity index (χ1) is 13.5. The van der Waals surface area contributed by atoms with Crippen LogP contribution in [0.3, 0.4) is 0 Å². The maximum absolute atomic E-state index is 12.1. The molecule has 5 heteroatoms. The zero-order chi connectivity index (χ0) is 20.3. The number of rotatable bonds is 7. The van der Waals surface area contributed by atoms with Crippen LogP contribution in [0.15, 0.2) is 47.6 Å². The van der Waals surface area contributed by atoms with Crippen molar-refractivity contribution in [3.8, 4) is 0 Å². The van der Waals surface area contributed by atoms with Gasteiger partial charge in [0.25, 0.3) is 0 Å². The highest BCUT2D eigenvalue weighted by atomic mass is 32.1. The van der Waals surface area contributed by atoms with E-state index in [0.29, 0.717) is 17.2 Å². The number of fused-ring (bicyclic) bond motifs is 1. The second-order valence-electron chi connectivity index (χ2n) is 6.97. The largest absolute Gasteiger partial charge is 0.462 e. The molecule has 146 valence electrons. The minimum Gasteiger partial charge on any atom is -0.462 e. The van der Waals surface area contributed by atoms with Crippen LogP contribution in [0, 0.1) is 11.8 Å². The van der Waals surface area contributed by atoms with Crippen LogP contribution in [0.25, 0.3) is 10.1 Å². The van der Waals surface area contributed by atoms with Crippen LogP contribution in [-0.2, 0) is 10.2 Å². The molecule has 3 rings (SSSR count). The highest BCUT2D eigenvalue weighted by Crippen LogP contribution is 2.42. The first-order valence-electron chi connectivity index (χ1n) is 9.64. The quantitative estimate of drug-likeness (QED) is 0.323. The number of aryl methyl sites for hydroxylation is 1. The van der Waals surface area contributed by atoms with E-state index in [1.807, 2.05) is 26.0 Å². The van der Waals surface area contributed by atoms with Gasteiger partial charge in [0.2, 0.25) is 0 Å². The number of nitrogens with zero attached hydrogens (tertiary/aromatic N) is 1. The number of hydrogen-bond donors (Lipinski definition) is 0. The summed E-state index contributed by atoms with van der Waals surface area (Å²) < 4.78 is 6.21. The van der Waals surface area contributed by atoms with Crippen molar-refractivity contribution in [3.05, 3.63) is 68.9 Å². The summed E-state index contributed by atoms with van der Waals surface area (Å²) in [5.41, 5.74) is 3.61. The Morgan fingerprint density at radius 3 is 2.32 bits per heavy atom. The average Bonchev–Trinajstić information content (AvgIpc) is 3.13. The lowest BCUT2D eigenvalue weighted by Crippen LogP contribution is -2.26. The van der Waals surface area contributed by atoms with E-state index in [4.69, 9.17) is 4.74 Å². The number of ether oxygens (including phenoxy) is 1. The van der Waals surface area contributed by atoms with Gasteiger partial charge in [0.1, 0.15) is 10.6 Å². The standard InChI is InChI=1S/C23H25NO3S/c1-5-23(6-2,17-8-10-19(24-26)15(4)12-17)18-9-11-20-16(13-18)14-21(28-20)22(25)27-7-3/h8-14H,5-7H2,1-4H3. The Bertz CT molecular complexity index is 1020. The van der Waals surface area contributed by atoms with Gasteiger partial charge in [-0.2, -0.15) is 0 Å². The molecule has 0 atom stereocenters. The topological polar surface area (TPSA) is 55.7 Å². The van der Waals surface area contributed by atoms with E-state index in [2.05, 4.69) is 43.3 Å². The molecule has 0 bridgehead atoms. The molecule has 28 heavy (non-hydrogen) atoms.